The van der Waals surface area contributed by atoms with Crippen molar-refractivity contribution in [3.05, 3.63) is 101 Å². The Bertz CT molecular complexity index is 1200. The van der Waals surface area contributed by atoms with Crippen LogP contribution in [0.5, 0.6) is 0 Å². The SMILES string of the molecule is Cc1cccc(-n2nc3c(c2-n2cccc2)CN(C(=O)c2ccccc2C)C3)c1. The van der Waals surface area contributed by atoms with E-state index in [0.717, 1.165) is 33.9 Å². The summed E-state index contributed by atoms with van der Waals surface area (Å²) in [7, 11) is 0. The Morgan fingerprint density at radius 3 is 2.48 bits per heavy atom. The third-order valence-electron chi connectivity index (χ3n) is 5.49. The molecule has 5 heteroatoms. The third-order valence-corrected chi connectivity index (χ3v) is 5.49. The van der Waals surface area contributed by atoms with Crippen LogP contribution in [0.3, 0.4) is 0 Å². The van der Waals surface area contributed by atoms with Crippen LogP contribution in [0, 0.1) is 13.8 Å². The number of nitrogens with zero attached hydrogens (tertiary/aromatic N) is 4. The van der Waals surface area contributed by atoms with Gasteiger partial charge in [0.1, 0.15) is 5.82 Å². The van der Waals surface area contributed by atoms with Crippen LogP contribution in [-0.2, 0) is 13.1 Å². The summed E-state index contributed by atoms with van der Waals surface area (Å²) in [6.45, 7) is 5.14. The highest BCUT2D eigenvalue weighted by Crippen LogP contribution is 2.31. The predicted octanol–water partition coefficient (Wildman–Crippen LogP) is 4.44. The second kappa shape index (κ2) is 6.78. The van der Waals surface area contributed by atoms with Gasteiger partial charge in [-0.25, -0.2) is 4.68 Å². The normalized spacial score (nSPS) is 13.0. The molecule has 1 aliphatic heterocycles. The fraction of sp³-hybridized carbons (Fsp3) is 0.167. The number of hydrogen-bond acceptors (Lipinski definition) is 2. The molecule has 2 aromatic carbocycles. The molecule has 1 aliphatic rings. The first-order chi connectivity index (χ1) is 14.1. The van der Waals surface area contributed by atoms with Gasteiger partial charge in [0, 0.05) is 23.5 Å². The average Bonchev–Trinajstić information content (AvgIpc) is 3.43. The van der Waals surface area contributed by atoms with Crippen molar-refractivity contribution in [2.75, 3.05) is 0 Å². The summed E-state index contributed by atoms with van der Waals surface area (Å²) in [5, 5.41) is 4.91. The monoisotopic (exact) mass is 382 g/mol. The second-order valence-electron chi connectivity index (χ2n) is 7.57. The quantitative estimate of drug-likeness (QED) is 0.526. The Labute approximate surface area is 169 Å². The fourth-order valence-electron chi connectivity index (χ4n) is 4.01. The molecule has 0 unspecified atom stereocenters. The molecule has 0 bridgehead atoms. The van der Waals surface area contributed by atoms with Crippen LogP contribution >= 0.6 is 0 Å². The van der Waals surface area contributed by atoms with Gasteiger partial charge >= 0.3 is 0 Å². The molecule has 0 radical (unpaired) electrons. The Balaban J connectivity index is 1.56. The molecule has 3 heterocycles. The molecule has 0 atom stereocenters. The van der Waals surface area contributed by atoms with E-state index in [1.807, 2.05) is 71.4 Å². The molecule has 0 saturated heterocycles. The fourth-order valence-corrected chi connectivity index (χ4v) is 4.01. The molecule has 0 fully saturated rings. The maximum absolute atomic E-state index is 13.1. The number of hydrogen-bond donors (Lipinski definition) is 0. The number of benzene rings is 2. The van der Waals surface area contributed by atoms with Crippen molar-refractivity contribution in [3.8, 4) is 11.5 Å². The Hall–Kier alpha value is -3.60. The maximum atomic E-state index is 13.1. The van der Waals surface area contributed by atoms with Crippen LogP contribution < -0.4 is 0 Å². The molecule has 4 aromatic rings. The second-order valence-corrected chi connectivity index (χ2v) is 7.57. The van der Waals surface area contributed by atoms with Crippen molar-refractivity contribution >= 4 is 5.91 Å². The zero-order chi connectivity index (χ0) is 20.0. The van der Waals surface area contributed by atoms with E-state index in [9.17, 15) is 4.79 Å². The Kier molecular flexibility index (Phi) is 4.09. The molecule has 1 amide bonds. The van der Waals surface area contributed by atoms with Crippen molar-refractivity contribution in [2.45, 2.75) is 26.9 Å². The lowest BCUT2D eigenvalue weighted by atomic mass is 10.1. The van der Waals surface area contributed by atoms with Crippen molar-refractivity contribution < 1.29 is 4.79 Å². The van der Waals surface area contributed by atoms with Gasteiger partial charge in [0.15, 0.2) is 0 Å². The molecule has 0 aliphatic carbocycles. The van der Waals surface area contributed by atoms with Gasteiger partial charge in [0.2, 0.25) is 0 Å². The van der Waals surface area contributed by atoms with Crippen LogP contribution in [0.1, 0.15) is 32.7 Å². The number of amides is 1. The number of aryl methyl sites for hydroxylation is 2. The predicted molar refractivity (Wildman–Crippen MR) is 112 cm³/mol. The third kappa shape index (κ3) is 2.95. The number of carbonyl (C=O) groups is 1. The van der Waals surface area contributed by atoms with E-state index in [2.05, 4.69) is 29.7 Å². The van der Waals surface area contributed by atoms with Crippen LogP contribution in [0.2, 0.25) is 0 Å². The van der Waals surface area contributed by atoms with Gasteiger partial charge in [-0.3, -0.25) is 4.79 Å². The zero-order valence-corrected chi connectivity index (χ0v) is 16.5. The molecule has 5 rings (SSSR count). The van der Waals surface area contributed by atoms with E-state index in [-0.39, 0.29) is 5.91 Å². The highest BCUT2D eigenvalue weighted by atomic mass is 16.2. The molecule has 0 N–H and O–H groups in total. The first-order valence-electron chi connectivity index (χ1n) is 9.78. The van der Waals surface area contributed by atoms with E-state index in [1.54, 1.807) is 0 Å². The van der Waals surface area contributed by atoms with E-state index in [1.165, 1.54) is 5.56 Å². The van der Waals surface area contributed by atoms with Crippen LogP contribution in [-0.4, -0.2) is 25.2 Å². The van der Waals surface area contributed by atoms with Crippen molar-refractivity contribution in [1.29, 1.82) is 0 Å². The van der Waals surface area contributed by atoms with Gasteiger partial charge in [-0.05, 0) is 55.3 Å². The first kappa shape index (κ1) is 17.5. The van der Waals surface area contributed by atoms with Crippen LogP contribution in [0.4, 0.5) is 0 Å². The lowest BCUT2D eigenvalue weighted by molar-refractivity contribution is 0.0748. The van der Waals surface area contributed by atoms with E-state index >= 15 is 0 Å². The molecule has 0 saturated carbocycles. The minimum absolute atomic E-state index is 0.0571. The van der Waals surface area contributed by atoms with E-state index in [0.29, 0.717) is 13.1 Å². The van der Waals surface area contributed by atoms with Crippen molar-refractivity contribution in [1.82, 2.24) is 19.2 Å². The highest BCUT2D eigenvalue weighted by molar-refractivity contribution is 5.96. The summed E-state index contributed by atoms with van der Waals surface area (Å²) < 4.78 is 4.07. The van der Waals surface area contributed by atoms with Crippen LogP contribution in [0.15, 0.2) is 73.1 Å². The van der Waals surface area contributed by atoms with Gasteiger partial charge in [-0.15, -0.1) is 0 Å². The Morgan fingerprint density at radius 1 is 0.931 bits per heavy atom. The van der Waals surface area contributed by atoms with E-state index in [4.69, 9.17) is 5.10 Å². The lowest BCUT2D eigenvalue weighted by Gasteiger charge is -2.18. The summed E-state index contributed by atoms with van der Waals surface area (Å²) >= 11 is 0. The lowest BCUT2D eigenvalue weighted by Crippen LogP contribution is -2.27. The van der Waals surface area contributed by atoms with Gasteiger partial charge in [0.25, 0.3) is 5.91 Å². The molecule has 29 heavy (non-hydrogen) atoms. The zero-order valence-electron chi connectivity index (χ0n) is 16.5. The molecule has 0 spiro atoms. The number of carbonyl (C=O) groups excluding carboxylic acids is 1. The van der Waals surface area contributed by atoms with Gasteiger partial charge in [-0.2, -0.15) is 5.10 Å². The Morgan fingerprint density at radius 2 is 1.72 bits per heavy atom. The number of rotatable bonds is 3. The standard InChI is InChI=1S/C24H22N4O/c1-17-8-7-10-19(14-17)28-23(26-12-5-6-13-26)21-15-27(16-22(21)25-28)24(29)20-11-4-3-9-18(20)2/h3-14H,15-16H2,1-2H3. The van der Waals surface area contributed by atoms with Gasteiger partial charge in [0.05, 0.1) is 24.5 Å². The maximum Gasteiger partial charge on any atom is 0.254 e. The van der Waals surface area contributed by atoms with Crippen molar-refractivity contribution in [2.24, 2.45) is 0 Å². The minimum atomic E-state index is 0.0571. The molecule has 144 valence electrons. The summed E-state index contributed by atoms with van der Waals surface area (Å²) in [4.78, 5) is 15.0. The van der Waals surface area contributed by atoms with Gasteiger partial charge < -0.3 is 9.47 Å². The molecule has 2 aromatic heterocycles. The van der Waals surface area contributed by atoms with Gasteiger partial charge in [-0.1, -0.05) is 30.3 Å². The summed E-state index contributed by atoms with van der Waals surface area (Å²) in [6.07, 6.45) is 4.05. The largest absolute Gasteiger partial charge is 0.328 e. The van der Waals surface area contributed by atoms with Crippen molar-refractivity contribution in [3.63, 3.8) is 0 Å². The van der Waals surface area contributed by atoms with Crippen LogP contribution in [0.25, 0.3) is 11.5 Å². The summed E-state index contributed by atoms with van der Waals surface area (Å²) in [5.74, 6) is 1.05. The summed E-state index contributed by atoms with van der Waals surface area (Å²) in [5.41, 5.74) is 6.03. The highest BCUT2D eigenvalue weighted by Gasteiger charge is 2.32. The first-order valence-corrected chi connectivity index (χ1v) is 9.78. The molecular formula is C24H22N4O. The smallest absolute Gasteiger partial charge is 0.254 e. The number of fused-ring (bicyclic) bond motifs is 1. The average molecular weight is 382 g/mol. The number of aromatic nitrogens is 3. The molecule has 5 nitrogen and oxygen atoms in total. The molecular weight excluding hydrogens is 360 g/mol. The minimum Gasteiger partial charge on any atom is -0.328 e. The summed E-state index contributed by atoms with van der Waals surface area (Å²) in [6, 6.07) is 20.1. The van der Waals surface area contributed by atoms with E-state index < -0.39 is 0 Å². The topological polar surface area (TPSA) is 43.1 Å².